The van der Waals surface area contributed by atoms with Crippen molar-refractivity contribution in [1.82, 2.24) is 4.90 Å². The number of nitrogens with one attached hydrogen (secondary N) is 1. The molecule has 0 radical (unpaired) electrons. The van der Waals surface area contributed by atoms with Crippen molar-refractivity contribution >= 4 is 34.2 Å². The van der Waals surface area contributed by atoms with Gasteiger partial charge < -0.3 is 19.4 Å². The van der Waals surface area contributed by atoms with E-state index in [0.29, 0.717) is 54.9 Å². The van der Waals surface area contributed by atoms with Crippen LogP contribution >= 0.6 is 11.6 Å². The Morgan fingerprint density at radius 2 is 1.91 bits per heavy atom. The van der Waals surface area contributed by atoms with Crippen molar-refractivity contribution in [2.24, 2.45) is 0 Å². The normalized spacial score (nSPS) is 14.2. The Hall–Kier alpha value is -2.83. The van der Waals surface area contributed by atoms with Crippen LogP contribution in [0.25, 0.3) is 11.0 Å². The molecular formula is C25H27ClN2O4. The van der Waals surface area contributed by atoms with Crippen LogP contribution in [0.5, 0.6) is 0 Å². The van der Waals surface area contributed by atoms with Gasteiger partial charge in [0.15, 0.2) is 0 Å². The lowest BCUT2D eigenvalue weighted by Crippen LogP contribution is -2.40. The maximum atomic E-state index is 12.7. The van der Waals surface area contributed by atoms with Gasteiger partial charge in [0.1, 0.15) is 5.58 Å². The van der Waals surface area contributed by atoms with Gasteiger partial charge in [-0.15, -0.1) is 0 Å². The molecule has 4 rings (SSSR count). The summed E-state index contributed by atoms with van der Waals surface area (Å²) < 4.78 is 10.7. The molecule has 1 fully saturated rings. The van der Waals surface area contributed by atoms with Gasteiger partial charge in [-0.3, -0.25) is 4.79 Å². The summed E-state index contributed by atoms with van der Waals surface area (Å²) in [5, 5.41) is 4.62. The highest BCUT2D eigenvalue weighted by Gasteiger charge is 2.21. The number of rotatable bonds is 5. The Morgan fingerprint density at radius 3 is 2.59 bits per heavy atom. The van der Waals surface area contributed by atoms with E-state index in [1.165, 1.54) is 11.6 Å². The minimum absolute atomic E-state index is 0.0897. The number of hydrogen-bond acceptors (Lipinski definition) is 5. The largest absolute Gasteiger partial charge is 0.423 e. The van der Waals surface area contributed by atoms with Crippen LogP contribution in [-0.4, -0.2) is 37.1 Å². The number of benzene rings is 2. The first-order chi connectivity index (χ1) is 15.3. The molecule has 6 nitrogen and oxygen atoms in total. The molecule has 0 aliphatic carbocycles. The van der Waals surface area contributed by atoms with Crippen LogP contribution < -0.4 is 10.9 Å². The third kappa shape index (κ3) is 4.66. The number of carbonyl (C=O) groups is 1. The first-order valence-corrected chi connectivity index (χ1v) is 11.2. The monoisotopic (exact) mass is 454 g/mol. The van der Waals surface area contributed by atoms with Gasteiger partial charge in [0.2, 0.25) is 0 Å². The summed E-state index contributed by atoms with van der Waals surface area (Å²) in [6.07, 6.45) is 0. The van der Waals surface area contributed by atoms with E-state index in [-0.39, 0.29) is 11.5 Å². The van der Waals surface area contributed by atoms with Crippen LogP contribution in [0.2, 0.25) is 5.02 Å². The topological polar surface area (TPSA) is 71.8 Å². The number of anilines is 1. The number of ether oxygens (including phenoxy) is 1. The van der Waals surface area contributed by atoms with E-state index in [0.717, 1.165) is 22.2 Å². The lowest BCUT2D eigenvalue weighted by Gasteiger charge is -2.27. The second kappa shape index (κ2) is 9.35. The molecule has 1 amide bonds. The molecule has 1 N–H and O–H groups in total. The molecule has 3 aromatic rings. The highest BCUT2D eigenvalue weighted by Crippen LogP contribution is 2.28. The summed E-state index contributed by atoms with van der Waals surface area (Å²) in [5.41, 5.74) is 4.63. The van der Waals surface area contributed by atoms with Gasteiger partial charge in [-0.25, -0.2) is 4.79 Å². The van der Waals surface area contributed by atoms with Gasteiger partial charge in [-0.1, -0.05) is 25.4 Å². The van der Waals surface area contributed by atoms with Crippen molar-refractivity contribution in [3.8, 4) is 0 Å². The molecule has 0 spiro atoms. The third-order valence-electron chi connectivity index (χ3n) is 5.82. The highest BCUT2D eigenvalue weighted by molar-refractivity contribution is 6.34. The molecule has 32 heavy (non-hydrogen) atoms. The van der Waals surface area contributed by atoms with Crippen LogP contribution in [0, 0.1) is 6.92 Å². The predicted octanol–water partition coefficient (Wildman–Crippen LogP) is 4.96. The SMILES string of the molecule is Cc1cc2oc(=O)cc(CNc3ccc(C(=O)N4CCOCC4)c(Cl)c3)c2cc1C(C)C. The van der Waals surface area contributed by atoms with Gasteiger partial charge in [0.25, 0.3) is 5.91 Å². The van der Waals surface area contributed by atoms with E-state index >= 15 is 0 Å². The fraction of sp³-hybridized carbons (Fsp3) is 0.360. The lowest BCUT2D eigenvalue weighted by atomic mass is 9.95. The molecule has 2 heterocycles. The minimum Gasteiger partial charge on any atom is -0.423 e. The lowest BCUT2D eigenvalue weighted by molar-refractivity contribution is 0.0303. The zero-order valence-electron chi connectivity index (χ0n) is 18.5. The molecule has 0 bridgehead atoms. The van der Waals surface area contributed by atoms with Gasteiger partial charge in [-0.05, 0) is 59.9 Å². The van der Waals surface area contributed by atoms with Crippen molar-refractivity contribution in [3.05, 3.63) is 74.1 Å². The number of morpholine rings is 1. The maximum Gasteiger partial charge on any atom is 0.336 e. The van der Waals surface area contributed by atoms with E-state index in [9.17, 15) is 9.59 Å². The quantitative estimate of drug-likeness (QED) is 0.551. The van der Waals surface area contributed by atoms with E-state index in [1.54, 1.807) is 17.0 Å². The molecule has 168 valence electrons. The summed E-state index contributed by atoms with van der Waals surface area (Å²) in [6, 6.07) is 10.9. The van der Waals surface area contributed by atoms with Crippen LogP contribution in [0.4, 0.5) is 5.69 Å². The zero-order chi connectivity index (χ0) is 22.8. The highest BCUT2D eigenvalue weighted by atomic mass is 35.5. The van der Waals surface area contributed by atoms with Gasteiger partial charge in [0.05, 0.1) is 23.8 Å². The third-order valence-corrected chi connectivity index (χ3v) is 6.13. The summed E-state index contributed by atoms with van der Waals surface area (Å²) in [7, 11) is 0. The molecule has 2 aromatic carbocycles. The Bertz CT molecular complexity index is 1210. The number of aryl methyl sites for hydroxylation is 1. The molecule has 0 atom stereocenters. The summed E-state index contributed by atoms with van der Waals surface area (Å²) in [4.78, 5) is 26.6. The number of amides is 1. The summed E-state index contributed by atoms with van der Waals surface area (Å²) >= 11 is 6.43. The standard InChI is InChI=1S/C25H27ClN2O4/c1-15(2)20-13-21-17(11-24(29)32-23(21)10-16(20)3)14-27-18-4-5-19(22(26)12-18)25(30)28-6-8-31-9-7-28/h4-5,10-13,15,27H,6-9,14H2,1-3H3. The van der Waals surface area contributed by atoms with Crippen molar-refractivity contribution in [3.63, 3.8) is 0 Å². The fourth-order valence-corrected chi connectivity index (χ4v) is 4.35. The first-order valence-electron chi connectivity index (χ1n) is 10.8. The smallest absolute Gasteiger partial charge is 0.336 e. The van der Waals surface area contributed by atoms with Crippen molar-refractivity contribution in [1.29, 1.82) is 0 Å². The van der Waals surface area contributed by atoms with Crippen LogP contribution in [0.3, 0.4) is 0 Å². The number of fused-ring (bicyclic) bond motifs is 1. The Morgan fingerprint density at radius 1 is 1.16 bits per heavy atom. The molecule has 7 heteroatoms. The predicted molar refractivity (Wildman–Crippen MR) is 127 cm³/mol. The average Bonchev–Trinajstić information content (AvgIpc) is 2.77. The number of halogens is 1. The Kier molecular flexibility index (Phi) is 6.53. The van der Waals surface area contributed by atoms with Gasteiger partial charge >= 0.3 is 5.63 Å². The maximum absolute atomic E-state index is 12.7. The first kappa shape index (κ1) is 22.4. The fourth-order valence-electron chi connectivity index (χ4n) is 4.09. The van der Waals surface area contributed by atoms with Crippen molar-refractivity contribution in [2.45, 2.75) is 33.2 Å². The van der Waals surface area contributed by atoms with E-state index in [1.807, 2.05) is 19.1 Å². The van der Waals surface area contributed by atoms with E-state index < -0.39 is 0 Å². The second-order valence-electron chi connectivity index (χ2n) is 8.40. The average molecular weight is 455 g/mol. The van der Waals surface area contributed by atoms with Crippen LogP contribution in [0.1, 0.15) is 46.8 Å². The molecule has 0 unspecified atom stereocenters. The van der Waals surface area contributed by atoms with E-state index in [4.69, 9.17) is 20.8 Å². The molecule has 0 saturated carbocycles. The molecule has 1 saturated heterocycles. The minimum atomic E-state index is -0.379. The van der Waals surface area contributed by atoms with Crippen LogP contribution in [-0.2, 0) is 11.3 Å². The Labute approximate surface area is 192 Å². The van der Waals surface area contributed by atoms with Crippen molar-refractivity contribution < 1.29 is 13.9 Å². The molecule has 1 aliphatic rings. The molecule has 1 aromatic heterocycles. The Balaban J connectivity index is 1.57. The molecule has 1 aliphatic heterocycles. The van der Waals surface area contributed by atoms with Crippen LogP contribution in [0.15, 0.2) is 45.6 Å². The van der Waals surface area contributed by atoms with E-state index in [2.05, 4.69) is 25.2 Å². The van der Waals surface area contributed by atoms with Crippen molar-refractivity contribution in [2.75, 3.05) is 31.6 Å². The molecular weight excluding hydrogens is 428 g/mol. The number of nitrogens with zero attached hydrogens (tertiary/aromatic N) is 1. The summed E-state index contributed by atoms with van der Waals surface area (Å²) in [6.45, 7) is 8.96. The summed E-state index contributed by atoms with van der Waals surface area (Å²) in [5.74, 6) is 0.274. The zero-order valence-corrected chi connectivity index (χ0v) is 19.3. The number of hydrogen-bond donors (Lipinski definition) is 1. The van der Waals surface area contributed by atoms with Gasteiger partial charge in [-0.2, -0.15) is 0 Å². The number of carbonyl (C=O) groups excluding carboxylic acids is 1. The van der Waals surface area contributed by atoms with Gasteiger partial charge in [0, 0.05) is 36.8 Å². The second-order valence-corrected chi connectivity index (χ2v) is 8.81.